The van der Waals surface area contributed by atoms with Gasteiger partial charge in [-0.1, -0.05) is 0 Å². The fraction of sp³-hybridized carbons (Fsp3) is 0.500. The van der Waals surface area contributed by atoms with Crippen LogP contribution in [0.3, 0.4) is 0 Å². The van der Waals surface area contributed by atoms with Crippen LogP contribution in [0.5, 0.6) is 0 Å². The van der Waals surface area contributed by atoms with E-state index in [0.717, 1.165) is 0 Å². The highest BCUT2D eigenvalue weighted by Crippen LogP contribution is 2.04. The normalized spacial score (nSPS) is 11.2. The molecule has 0 fully saturated rings. The largest absolute Gasteiger partial charge is 0.480 e. The van der Waals surface area contributed by atoms with Gasteiger partial charge in [-0.3, -0.25) is 19.2 Å². The molecule has 1 rings (SSSR count). The Bertz CT molecular complexity index is 847. The number of benzene rings is 1. The summed E-state index contributed by atoms with van der Waals surface area (Å²) in [5.41, 5.74) is 6.61. The molecule has 0 radical (unpaired) electrons. The summed E-state index contributed by atoms with van der Waals surface area (Å²) >= 11 is 0. The Morgan fingerprint density at radius 1 is 0.886 bits per heavy atom. The van der Waals surface area contributed by atoms with E-state index in [4.69, 9.17) is 20.3 Å². The van der Waals surface area contributed by atoms with Crippen molar-refractivity contribution in [2.24, 2.45) is 0 Å². The van der Waals surface area contributed by atoms with Crippen LogP contribution in [0.4, 0.5) is 5.69 Å². The number of nitrogens with two attached hydrogens (primary N) is 1. The first-order valence-electron chi connectivity index (χ1n) is 11.0. The summed E-state index contributed by atoms with van der Waals surface area (Å²) in [6.07, 6.45) is -0.0764. The molecule has 0 aliphatic carbocycles. The maximum absolute atomic E-state index is 11.9. The van der Waals surface area contributed by atoms with Gasteiger partial charge in [0.1, 0.15) is 12.6 Å². The van der Waals surface area contributed by atoms with Crippen molar-refractivity contribution in [1.82, 2.24) is 21.3 Å². The van der Waals surface area contributed by atoms with E-state index in [1.807, 2.05) is 0 Å². The topological polar surface area (TPSA) is 198 Å². The minimum absolute atomic E-state index is 0.0214. The molecule has 1 aromatic rings. The van der Waals surface area contributed by atoms with Crippen molar-refractivity contribution >= 4 is 35.3 Å². The number of anilines is 1. The molecule has 4 amide bonds. The number of nitrogens with one attached hydrogen (secondary N) is 4. The van der Waals surface area contributed by atoms with Crippen LogP contribution in [0, 0.1) is 0 Å². The van der Waals surface area contributed by atoms with Gasteiger partial charge >= 0.3 is 5.97 Å². The molecule has 13 nitrogen and oxygen atoms in total. The van der Waals surface area contributed by atoms with Gasteiger partial charge in [0.05, 0.1) is 19.8 Å². The van der Waals surface area contributed by atoms with Crippen LogP contribution < -0.4 is 27.0 Å². The molecule has 0 heterocycles. The van der Waals surface area contributed by atoms with Crippen LogP contribution in [0.25, 0.3) is 0 Å². The lowest BCUT2D eigenvalue weighted by atomic mass is 10.1. The lowest BCUT2D eigenvalue weighted by Gasteiger charge is -2.13. The van der Waals surface area contributed by atoms with Crippen LogP contribution in [-0.4, -0.2) is 86.8 Å². The van der Waals surface area contributed by atoms with Crippen LogP contribution in [-0.2, 0) is 28.7 Å². The van der Waals surface area contributed by atoms with Crippen molar-refractivity contribution in [1.29, 1.82) is 0 Å². The van der Waals surface area contributed by atoms with Gasteiger partial charge in [-0.25, -0.2) is 4.79 Å². The first kappa shape index (κ1) is 29.3. The molecular formula is C22H33N5O8. The Kier molecular flexibility index (Phi) is 14.1. The van der Waals surface area contributed by atoms with Crippen molar-refractivity contribution in [3.05, 3.63) is 29.8 Å². The third kappa shape index (κ3) is 14.2. The zero-order valence-electron chi connectivity index (χ0n) is 19.6. The van der Waals surface area contributed by atoms with Crippen LogP contribution in [0.2, 0.25) is 0 Å². The molecule has 35 heavy (non-hydrogen) atoms. The average Bonchev–Trinajstić information content (AvgIpc) is 2.81. The zero-order valence-corrected chi connectivity index (χ0v) is 19.6. The van der Waals surface area contributed by atoms with Gasteiger partial charge in [0, 0.05) is 44.2 Å². The summed E-state index contributed by atoms with van der Waals surface area (Å²) in [5, 5.41) is 19.1. The summed E-state index contributed by atoms with van der Waals surface area (Å²) in [4.78, 5) is 57.3. The molecule has 0 saturated carbocycles. The quantitative estimate of drug-likeness (QED) is 0.111. The molecule has 0 aliphatic heterocycles. The monoisotopic (exact) mass is 495 g/mol. The van der Waals surface area contributed by atoms with Crippen molar-refractivity contribution in [3.8, 4) is 0 Å². The van der Waals surface area contributed by atoms with Crippen LogP contribution in [0.15, 0.2) is 24.3 Å². The number of carboxylic acids is 1. The summed E-state index contributed by atoms with van der Waals surface area (Å²) in [5.74, 6) is -2.64. The average molecular weight is 496 g/mol. The Morgan fingerprint density at radius 3 is 2.17 bits per heavy atom. The molecule has 0 bridgehead atoms. The second-order valence-electron chi connectivity index (χ2n) is 7.37. The van der Waals surface area contributed by atoms with E-state index in [1.54, 1.807) is 24.3 Å². The van der Waals surface area contributed by atoms with Crippen molar-refractivity contribution in [2.45, 2.75) is 25.8 Å². The van der Waals surface area contributed by atoms with E-state index >= 15 is 0 Å². The molecule has 7 N–H and O–H groups in total. The fourth-order valence-electron chi connectivity index (χ4n) is 2.68. The Labute approximate surface area is 203 Å². The molecule has 1 atom stereocenters. The molecule has 0 aromatic heterocycles. The summed E-state index contributed by atoms with van der Waals surface area (Å²) in [6, 6.07) is 5.37. The van der Waals surface area contributed by atoms with E-state index in [1.165, 1.54) is 6.92 Å². The van der Waals surface area contributed by atoms with Gasteiger partial charge in [-0.2, -0.15) is 0 Å². The minimum atomic E-state index is -1.20. The number of ether oxygens (including phenoxy) is 2. The number of carboxylic acid groups (broad SMARTS) is 1. The molecule has 1 unspecified atom stereocenters. The molecule has 13 heteroatoms. The van der Waals surface area contributed by atoms with E-state index in [0.29, 0.717) is 11.3 Å². The van der Waals surface area contributed by atoms with E-state index in [-0.39, 0.29) is 76.6 Å². The van der Waals surface area contributed by atoms with Gasteiger partial charge in [-0.15, -0.1) is 0 Å². The lowest BCUT2D eigenvalue weighted by Crippen LogP contribution is -2.40. The van der Waals surface area contributed by atoms with E-state index in [9.17, 15) is 24.0 Å². The first-order valence-corrected chi connectivity index (χ1v) is 11.0. The SMILES string of the molecule is CC(=O)NC(CCC(=O)NCCOCCOCC(=O)NCCNC(=O)c1ccc(N)cc1)C(=O)O. The maximum Gasteiger partial charge on any atom is 0.326 e. The van der Waals surface area contributed by atoms with Gasteiger partial charge in [0.25, 0.3) is 5.91 Å². The Balaban J connectivity index is 1.98. The van der Waals surface area contributed by atoms with E-state index in [2.05, 4.69) is 21.3 Å². The molecular weight excluding hydrogens is 462 g/mol. The zero-order chi connectivity index (χ0) is 26.1. The predicted octanol–water partition coefficient (Wildman–Crippen LogP) is -1.37. The predicted molar refractivity (Wildman–Crippen MR) is 125 cm³/mol. The summed E-state index contributed by atoms with van der Waals surface area (Å²) < 4.78 is 10.5. The fourth-order valence-corrected chi connectivity index (χ4v) is 2.68. The van der Waals surface area contributed by atoms with Gasteiger partial charge < -0.3 is 41.6 Å². The van der Waals surface area contributed by atoms with Crippen LogP contribution in [0.1, 0.15) is 30.1 Å². The number of aliphatic carboxylic acids is 1. The molecule has 194 valence electrons. The third-order valence-corrected chi connectivity index (χ3v) is 4.41. The summed E-state index contributed by atoms with van der Waals surface area (Å²) in [6.45, 7) is 2.37. The lowest BCUT2D eigenvalue weighted by molar-refractivity contribution is -0.141. The number of rotatable bonds is 17. The highest BCUT2D eigenvalue weighted by atomic mass is 16.5. The Morgan fingerprint density at radius 2 is 1.51 bits per heavy atom. The highest BCUT2D eigenvalue weighted by Gasteiger charge is 2.19. The highest BCUT2D eigenvalue weighted by molar-refractivity contribution is 5.94. The standard InChI is InChI=1S/C22H33N5O8/c1-15(28)27-18(22(32)33)6-7-19(29)25-10-11-34-12-13-35-14-20(30)24-8-9-26-21(31)16-2-4-17(23)5-3-16/h2-5,18H,6-14,23H2,1H3,(H,24,30)(H,25,29)(H,26,31)(H,27,28)(H,32,33). The van der Waals surface area contributed by atoms with Gasteiger partial charge in [0.15, 0.2) is 0 Å². The third-order valence-electron chi connectivity index (χ3n) is 4.41. The van der Waals surface area contributed by atoms with Gasteiger partial charge in [0.2, 0.25) is 17.7 Å². The second-order valence-corrected chi connectivity index (χ2v) is 7.37. The van der Waals surface area contributed by atoms with Crippen LogP contribution >= 0.6 is 0 Å². The number of hydrogen-bond donors (Lipinski definition) is 6. The second kappa shape index (κ2) is 16.8. The number of carbonyl (C=O) groups excluding carboxylic acids is 4. The summed E-state index contributed by atoms with van der Waals surface area (Å²) in [7, 11) is 0. The van der Waals surface area contributed by atoms with Crippen molar-refractivity contribution < 1.29 is 38.6 Å². The van der Waals surface area contributed by atoms with Gasteiger partial charge in [-0.05, 0) is 30.7 Å². The molecule has 0 spiro atoms. The van der Waals surface area contributed by atoms with E-state index < -0.39 is 17.9 Å². The number of amides is 4. The van der Waals surface area contributed by atoms with Crippen molar-refractivity contribution in [3.63, 3.8) is 0 Å². The Hall–Kier alpha value is -3.71. The number of nitrogen functional groups attached to an aromatic ring is 1. The maximum atomic E-state index is 11.9. The molecule has 0 saturated heterocycles. The number of hydrogen-bond acceptors (Lipinski definition) is 8. The number of carbonyl (C=O) groups is 5. The molecule has 0 aliphatic rings. The van der Waals surface area contributed by atoms with Crippen molar-refractivity contribution in [2.75, 3.05) is 51.8 Å². The molecule has 1 aromatic carbocycles. The smallest absolute Gasteiger partial charge is 0.326 e. The minimum Gasteiger partial charge on any atom is -0.480 e. The first-order chi connectivity index (χ1) is 16.7.